The minimum atomic E-state index is -1.82. The van der Waals surface area contributed by atoms with Gasteiger partial charge < -0.3 is 0 Å². The molecule has 0 heterocycles. The topological polar surface area (TPSA) is 6.48 Å². The lowest BCUT2D eigenvalue weighted by Crippen LogP contribution is -2.43. The first-order chi connectivity index (χ1) is 9.74. The molecule has 0 rings (SSSR count). The van der Waals surface area contributed by atoms with Crippen LogP contribution in [0.2, 0.25) is 0 Å². The summed E-state index contributed by atoms with van der Waals surface area (Å²) in [5.41, 5.74) is -0.598. The zero-order valence-corrected chi connectivity index (χ0v) is 20.0. The average Bonchev–Trinajstić information content (AvgIpc) is 2.22. The van der Waals surface area contributed by atoms with Gasteiger partial charge in [-0.1, -0.05) is 23.2 Å². The number of hydrogen-bond donors (Lipinski definition) is 0. The third-order valence-corrected chi connectivity index (χ3v) is 15.5. The van der Waals surface area contributed by atoms with Gasteiger partial charge in [-0.05, 0) is 55.4 Å². The van der Waals surface area contributed by atoms with E-state index in [1.165, 1.54) is 5.49 Å². The molecular weight excluding hydrogens is 346 g/mol. The summed E-state index contributed by atoms with van der Waals surface area (Å²) in [5, 5.41) is 0. The van der Waals surface area contributed by atoms with E-state index < -0.39 is 12.8 Å². The van der Waals surface area contributed by atoms with E-state index in [1.54, 1.807) is 0 Å². The van der Waals surface area contributed by atoms with Crippen LogP contribution in [0.5, 0.6) is 0 Å². The molecule has 0 fully saturated rings. The Balaban J connectivity index is 5.88. The standard InChI is InChI=1S/C16H39N2P2S2/c1-13(2)17(14(3)4)20(21,22-12-19(9,10)11)18(15(5)6)16(7)8/h13-16H,12H2,1-11H3/q+1. The molecule has 0 aromatic heterocycles. The molecule has 0 N–H and O–H groups in total. The van der Waals surface area contributed by atoms with Crippen molar-refractivity contribution in [3.05, 3.63) is 0 Å². The number of nitrogens with zero attached hydrogens (tertiary/aromatic N) is 2. The molecular formula is C16H39N2P2S2+. The van der Waals surface area contributed by atoms with Crippen LogP contribution in [-0.2, 0) is 11.8 Å². The van der Waals surface area contributed by atoms with E-state index in [-0.39, 0.29) is 0 Å². The quantitative estimate of drug-likeness (QED) is 0.446. The van der Waals surface area contributed by atoms with Crippen molar-refractivity contribution in [1.29, 1.82) is 0 Å². The van der Waals surface area contributed by atoms with Crippen molar-refractivity contribution in [3.8, 4) is 0 Å². The van der Waals surface area contributed by atoms with Crippen LogP contribution < -0.4 is 0 Å². The summed E-state index contributed by atoms with van der Waals surface area (Å²) in [6.07, 6.45) is 0. The Bertz CT molecular complexity index is 337. The van der Waals surface area contributed by atoms with Gasteiger partial charge in [0.05, 0.1) is 0 Å². The average molecular weight is 386 g/mol. The molecule has 0 aliphatic heterocycles. The highest BCUT2D eigenvalue weighted by Crippen LogP contribution is 2.71. The molecule has 0 spiro atoms. The molecule has 0 aromatic carbocycles. The second-order valence-corrected chi connectivity index (χ2v) is 20.5. The molecule has 0 saturated heterocycles. The Morgan fingerprint density at radius 2 is 1.05 bits per heavy atom. The van der Waals surface area contributed by atoms with Crippen LogP contribution in [0, 0.1) is 0 Å². The summed E-state index contributed by atoms with van der Waals surface area (Å²) in [7, 11) is -0.842. The summed E-state index contributed by atoms with van der Waals surface area (Å²) >= 11 is 8.55. The number of hydrogen-bond acceptors (Lipinski definition) is 2. The lowest BCUT2D eigenvalue weighted by atomic mass is 10.3. The Morgan fingerprint density at radius 3 is 1.23 bits per heavy atom. The van der Waals surface area contributed by atoms with Crippen molar-refractivity contribution >= 4 is 36.0 Å². The molecule has 0 atom stereocenters. The second kappa shape index (κ2) is 9.16. The fourth-order valence-corrected chi connectivity index (χ4v) is 18.8. The van der Waals surface area contributed by atoms with Gasteiger partial charge in [0.15, 0.2) is 0 Å². The lowest BCUT2D eigenvalue weighted by Gasteiger charge is -2.49. The van der Waals surface area contributed by atoms with Gasteiger partial charge in [0.2, 0.25) is 0 Å². The van der Waals surface area contributed by atoms with Crippen molar-refractivity contribution in [2.75, 3.05) is 25.5 Å². The Labute approximate surface area is 150 Å². The summed E-state index contributed by atoms with van der Waals surface area (Å²) in [6.45, 7) is 25.6. The monoisotopic (exact) mass is 385 g/mol. The third kappa shape index (κ3) is 6.69. The molecule has 0 aliphatic carbocycles. The van der Waals surface area contributed by atoms with Gasteiger partial charge in [-0.15, -0.1) is 0 Å². The Kier molecular flexibility index (Phi) is 9.72. The van der Waals surface area contributed by atoms with Crippen LogP contribution in [0.4, 0.5) is 0 Å². The number of rotatable bonds is 9. The highest BCUT2D eigenvalue weighted by molar-refractivity contribution is 8.70. The van der Waals surface area contributed by atoms with Gasteiger partial charge in [-0.2, -0.15) is 0 Å². The van der Waals surface area contributed by atoms with Gasteiger partial charge in [0, 0.05) is 51.4 Å². The minimum Gasteiger partial charge on any atom is -0.250 e. The SMILES string of the molecule is CC(C)N(C(C)C)P(=S)(SC[P+](C)(C)C)N(C(C)C)C(C)C. The first-order valence-corrected chi connectivity index (χ1v) is 16.0. The van der Waals surface area contributed by atoms with Gasteiger partial charge >= 0.3 is 0 Å². The predicted octanol–water partition coefficient (Wildman–Crippen LogP) is 6.05. The van der Waals surface area contributed by atoms with Gasteiger partial charge in [-0.25, -0.2) is 0 Å². The maximum absolute atomic E-state index is 6.46. The largest absolute Gasteiger partial charge is 0.250 e. The van der Waals surface area contributed by atoms with E-state index in [2.05, 4.69) is 96.1 Å². The van der Waals surface area contributed by atoms with Crippen LogP contribution in [0.15, 0.2) is 0 Å². The smallest absolute Gasteiger partial charge is 0.136 e. The molecule has 22 heavy (non-hydrogen) atoms. The molecule has 0 bridgehead atoms. The molecule has 0 saturated carbocycles. The van der Waals surface area contributed by atoms with Crippen molar-refractivity contribution in [1.82, 2.24) is 9.34 Å². The zero-order valence-electron chi connectivity index (χ0n) is 16.6. The minimum absolute atomic E-state index is 0.483. The molecule has 0 aromatic rings. The summed E-state index contributed by atoms with van der Waals surface area (Å²) in [6, 6.07) is 1.93. The molecule has 0 radical (unpaired) electrons. The van der Waals surface area contributed by atoms with E-state index >= 15 is 0 Å². The fraction of sp³-hybridized carbons (Fsp3) is 1.00. The Hall–Kier alpha value is 1.35. The highest BCUT2D eigenvalue weighted by Gasteiger charge is 2.40. The normalized spacial score (nSPS) is 14.4. The van der Waals surface area contributed by atoms with E-state index in [9.17, 15) is 0 Å². The van der Waals surface area contributed by atoms with E-state index in [1.807, 2.05) is 0 Å². The molecule has 6 heteroatoms. The molecule has 0 amide bonds. The van der Waals surface area contributed by atoms with Crippen molar-refractivity contribution in [3.63, 3.8) is 0 Å². The first kappa shape index (κ1) is 23.4. The zero-order chi connectivity index (χ0) is 17.9. The molecule has 2 nitrogen and oxygen atoms in total. The predicted molar refractivity (Wildman–Crippen MR) is 116 cm³/mol. The highest BCUT2D eigenvalue weighted by atomic mass is 32.9. The summed E-state index contributed by atoms with van der Waals surface area (Å²) in [5.74, 6) is 0. The summed E-state index contributed by atoms with van der Waals surface area (Å²) in [4.78, 5) is 0. The maximum Gasteiger partial charge on any atom is 0.136 e. The second-order valence-electron chi connectivity index (χ2n) is 8.17. The molecule has 0 unspecified atom stereocenters. The van der Waals surface area contributed by atoms with Crippen LogP contribution in [-0.4, -0.2) is 59.0 Å². The van der Waals surface area contributed by atoms with Crippen molar-refractivity contribution in [2.45, 2.75) is 79.6 Å². The van der Waals surface area contributed by atoms with Gasteiger partial charge in [-0.3, -0.25) is 9.34 Å². The van der Waals surface area contributed by atoms with Crippen LogP contribution in [0.25, 0.3) is 0 Å². The molecule has 0 aliphatic rings. The van der Waals surface area contributed by atoms with Gasteiger partial charge in [0.25, 0.3) is 0 Å². The maximum atomic E-state index is 6.46. The van der Waals surface area contributed by atoms with Crippen molar-refractivity contribution < 1.29 is 0 Å². The van der Waals surface area contributed by atoms with E-state index in [0.29, 0.717) is 24.2 Å². The third-order valence-electron chi connectivity index (χ3n) is 3.31. The van der Waals surface area contributed by atoms with Crippen LogP contribution in [0.3, 0.4) is 0 Å². The van der Waals surface area contributed by atoms with Gasteiger partial charge in [0.1, 0.15) is 11.0 Å². The summed E-state index contributed by atoms with van der Waals surface area (Å²) < 4.78 is 5.26. The Morgan fingerprint density at radius 1 is 0.773 bits per heavy atom. The van der Waals surface area contributed by atoms with E-state index in [4.69, 9.17) is 11.8 Å². The van der Waals surface area contributed by atoms with Crippen LogP contribution in [0.1, 0.15) is 55.4 Å². The van der Waals surface area contributed by atoms with Crippen LogP contribution >= 0.6 is 24.2 Å². The lowest BCUT2D eigenvalue weighted by molar-refractivity contribution is 0.263. The fourth-order valence-electron chi connectivity index (χ4n) is 2.86. The van der Waals surface area contributed by atoms with E-state index in [0.717, 1.165) is 0 Å². The van der Waals surface area contributed by atoms with Crippen molar-refractivity contribution in [2.24, 2.45) is 0 Å². The first-order valence-electron chi connectivity index (χ1n) is 8.36. The molecule has 134 valence electrons.